The summed E-state index contributed by atoms with van der Waals surface area (Å²) in [5.41, 5.74) is 1.15. The topological polar surface area (TPSA) is 55.8 Å². The Balaban J connectivity index is 2.59. The normalized spacial score (nSPS) is 14.2. The highest BCUT2D eigenvalue weighted by Gasteiger charge is 2.32. The quantitative estimate of drug-likeness (QED) is 0.375. The molecule has 0 amide bonds. The van der Waals surface area contributed by atoms with Crippen molar-refractivity contribution in [1.82, 2.24) is 0 Å². The van der Waals surface area contributed by atoms with Gasteiger partial charge in [-0.1, -0.05) is 51.1 Å². The summed E-state index contributed by atoms with van der Waals surface area (Å²) in [7, 11) is -1.76. The number of Topliss-reactive ketones (excluding diaryl/α,β-unsaturated/α-hetero) is 1. The lowest BCUT2D eigenvalue weighted by Crippen LogP contribution is -2.41. The fraction of sp³-hybridized carbons (Fsp3) is 0.667. The summed E-state index contributed by atoms with van der Waals surface area (Å²) in [5.74, 6) is 0.0153. The van der Waals surface area contributed by atoms with E-state index in [2.05, 4.69) is 20.8 Å². The summed E-state index contributed by atoms with van der Waals surface area (Å²) in [4.78, 5) is 11.3. The minimum absolute atomic E-state index is 0.0153. The van der Waals surface area contributed by atoms with Gasteiger partial charge in [0, 0.05) is 19.1 Å². The molecule has 0 heterocycles. The van der Waals surface area contributed by atoms with E-state index in [1.807, 2.05) is 30.3 Å². The third-order valence-corrected chi connectivity index (χ3v) is 9.80. The molecule has 148 valence electrons. The molecule has 4 nitrogen and oxygen atoms in total. The molecule has 0 radical (unpaired) electrons. The summed E-state index contributed by atoms with van der Waals surface area (Å²) >= 11 is 0. The number of hydrogen-bond acceptors (Lipinski definition) is 4. The third kappa shape index (κ3) is 8.58. The lowest BCUT2D eigenvalue weighted by atomic mass is 10.1. The fourth-order valence-corrected chi connectivity index (χ4v) is 6.20. The first-order valence-electron chi connectivity index (χ1n) is 9.91. The molecule has 0 aliphatic heterocycles. The lowest BCUT2D eigenvalue weighted by Gasteiger charge is -2.34. The summed E-state index contributed by atoms with van der Waals surface area (Å²) in [6, 6.07) is 13.3. The van der Waals surface area contributed by atoms with Crippen LogP contribution in [0.4, 0.5) is 0 Å². The van der Waals surface area contributed by atoms with Crippen LogP contribution in [0.15, 0.2) is 30.3 Å². The zero-order valence-electron chi connectivity index (χ0n) is 16.9. The van der Waals surface area contributed by atoms with E-state index < -0.39 is 14.4 Å². The molecule has 5 heteroatoms. The van der Waals surface area contributed by atoms with Crippen molar-refractivity contribution in [2.75, 3.05) is 6.61 Å². The van der Waals surface area contributed by atoms with Gasteiger partial charge in [0.15, 0.2) is 8.32 Å². The summed E-state index contributed by atoms with van der Waals surface area (Å²) < 4.78 is 12.4. The molecule has 1 aromatic rings. The highest BCUT2D eigenvalue weighted by molar-refractivity contribution is 6.73. The van der Waals surface area contributed by atoms with Gasteiger partial charge in [0.1, 0.15) is 5.78 Å². The number of carbonyl (C=O) groups excluding carboxylic acids is 1. The van der Waals surface area contributed by atoms with Gasteiger partial charge in [-0.25, -0.2) is 0 Å². The second kappa shape index (κ2) is 12.4. The highest BCUT2D eigenvalue weighted by Crippen LogP contribution is 2.26. The van der Waals surface area contributed by atoms with Gasteiger partial charge in [-0.2, -0.15) is 0 Å². The first kappa shape index (κ1) is 23.0. The number of hydrogen-bond donors (Lipinski definition) is 1. The standard InChI is InChI=1S/C21H36O4Si/c1-5-26(6-2,7-3)25-21(16-20(23)15-18(4)22)13-14-24-17-19-11-9-8-10-12-19/h8-12,20-21,23H,5-7,13-17H2,1-4H3/t20?,21-/m0/s1. The first-order valence-corrected chi connectivity index (χ1v) is 12.4. The van der Waals surface area contributed by atoms with Crippen LogP contribution in [0.1, 0.15) is 52.5 Å². The molecule has 1 rings (SSSR count). The van der Waals surface area contributed by atoms with Crippen molar-refractivity contribution >= 4 is 14.1 Å². The van der Waals surface area contributed by atoms with Crippen LogP contribution in [-0.4, -0.2) is 38.0 Å². The Bertz CT molecular complexity index is 494. The van der Waals surface area contributed by atoms with Crippen LogP contribution in [0.25, 0.3) is 0 Å². The number of carbonyl (C=O) groups is 1. The molecule has 26 heavy (non-hydrogen) atoms. The highest BCUT2D eigenvalue weighted by atomic mass is 28.4. The third-order valence-electron chi connectivity index (χ3n) is 5.10. The molecule has 0 fully saturated rings. The van der Waals surface area contributed by atoms with Crippen LogP contribution < -0.4 is 0 Å². The van der Waals surface area contributed by atoms with Gasteiger partial charge in [0.2, 0.25) is 0 Å². The zero-order chi connectivity index (χ0) is 19.4. The van der Waals surface area contributed by atoms with Crippen LogP contribution >= 0.6 is 0 Å². The van der Waals surface area contributed by atoms with Crippen LogP contribution in [0.2, 0.25) is 18.1 Å². The van der Waals surface area contributed by atoms with Gasteiger partial charge in [-0.3, -0.25) is 4.79 Å². The lowest BCUT2D eigenvalue weighted by molar-refractivity contribution is -0.119. The van der Waals surface area contributed by atoms with E-state index >= 15 is 0 Å². The number of ether oxygens (including phenoxy) is 1. The first-order chi connectivity index (χ1) is 12.4. The van der Waals surface area contributed by atoms with E-state index in [1.165, 1.54) is 6.92 Å². The summed E-state index contributed by atoms with van der Waals surface area (Å²) in [6.07, 6.45) is 0.763. The molecule has 0 bridgehead atoms. The van der Waals surface area contributed by atoms with E-state index in [-0.39, 0.29) is 18.3 Å². The Kier molecular flexibility index (Phi) is 11.0. The molecule has 0 aromatic heterocycles. The maximum Gasteiger partial charge on any atom is 0.192 e. The second-order valence-corrected chi connectivity index (χ2v) is 11.8. The molecule has 1 unspecified atom stereocenters. The zero-order valence-corrected chi connectivity index (χ0v) is 17.9. The summed E-state index contributed by atoms with van der Waals surface area (Å²) in [5, 5.41) is 10.2. The molecule has 1 aromatic carbocycles. The Morgan fingerprint density at radius 1 is 1.12 bits per heavy atom. The van der Waals surface area contributed by atoms with Gasteiger partial charge in [0.05, 0.1) is 12.7 Å². The SMILES string of the molecule is CC[Si](CC)(CC)O[C@@H](CCOCc1ccccc1)CC(O)CC(C)=O. The monoisotopic (exact) mass is 380 g/mol. The second-order valence-electron chi connectivity index (χ2n) is 7.11. The van der Waals surface area contributed by atoms with Crippen molar-refractivity contribution in [2.24, 2.45) is 0 Å². The molecule has 0 aliphatic rings. The molecule has 2 atom stereocenters. The van der Waals surface area contributed by atoms with E-state index in [1.54, 1.807) is 0 Å². The average Bonchev–Trinajstić information content (AvgIpc) is 2.63. The van der Waals surface area contributed by atoms with E-state index in [9.17, 15) is 9.90 Å². The van der Waals surface area contributed by atoms with E-state index in [0.29, 0.717) is 19.6 Å². The van der Waals surface area contributed by atoms with Crippen molar-refractivity contribution < 1.29 is 19.1 Å². The Morgan fingerprint density at radius 3 is 2.27 bits per heavy atom. The molecule has 0 spiro atoms. The van der Waals surface area contributed by atoms with Crippen molar-refractivity contribution in [3.8, 4) is 0 Å². The predicted molar refractivity (Wildman–Crippen MR) is 109 cm³/mol. The minimum atomic E-state index is -1.76. The van der Waals surface area contributed by atoms with Crippen LogP contribution in [0, 0.1) is 0 Å². The summed E-state index contributed by atoms with van der Waals surface area (Å²) in [6.45, 7) is 9.30. The smallest absolute Gasteiger partial charge is 0.192 e. The molecule has 0 saturated carbocycles. The predicted octanol–water partition coefficient (Wildman–Crippen LogP) is 4.71. The Morgan fingerprint density at radius 2 is 1.73 bits per heavy atom. The minimum Gasteiger partial charge on any atom is -0.414 e. The van der Waals surface area contributed by atoms with Crippen molar-refractivity contribution in [2.45, 2.75) is 83.9 Å². The van der Waals surface area contributed by atoms with E-state index in [4.69, 9.17) is 9.16 Å². The van der Waals surface area contributed by atoms with Gasteiger partial charge < -0.3 is 14.3 Å². The van der Waals surface area contributed by atoms with Crippen molar-refractivity contribution in [3.63, 3.8) is 0 Å². The van der Waals surface area contributed by atoms with Crippen LogP contribution in [0.5, 0.6) is 0 Å². The maximum atomic E-state index is 11.3. The molecule has 1 N–H and O–H groups in total. The Hall–Kier alpha value is -1.01. The van der Waals surface area contributed by atoms with Gasteiger partial charge >= 0.3 is 0 Å². The van der Waals surface area contributed by atoms with Gasteiger partial charge in [-0.05, 0) is 43.5 Å². The largest absolute Gasteiger partial charge is 0.414 e. The van der Waals surface area contributed by atoms with Gasteiger partial charge in [0.25, 0.3) is 0 Å². The number of ketones is 1. The average molecular weight is 381 g/mol. The van der Waals surface area contributed by atoms with Crippen molar-refractivity contribution in [1.29, 1.82) is 0 Å². The van der Waals surface area contributed by atoms with Crippen LogP contribution in [0.3, 0.4) is 0 Å². The number of rotatable bonds is 14. The number of aliphatic hydroxyl groups excluding tert-OH is 1. The van der Waals surface area contributed by atoms with Crippen LogP contribution in [-0.2, 0) is 20.6 Å². The van der Waals surface area contributed by atoms with E-state index in [0.717, 1.165) is 30.1 Å². The molecular weight excluding hydrogens is 344 g/mol. The molecule has 0 saturated heterocycles. The fourth-order valence-electron chi connectivity index (χ4n) is 3.28. The van der Waals surface area contributed by atoms with Crippen molar-refractivity contribution in [3.05, 3.63) is 35.9 Å². The maximum absolute atomic E-state index is 11.3. The Labute approximate surface area is 160 Å². The molecular formula is C21H36O4Si. The number of aliphatic hydroxyl groups is 1. The molecule has 0 aliphatic carbocycles. The van der Waals surface area contributed by atoms with Gasteiger partial charge in [-0.15, -0.1) is 0 Å². The number of benzene rings is 1.